The number of benzene rings is 2. The molecule has 2 aromatic carbocycles. The van der Waals surface area contributed by atoms with E-state index < -0.39 is 22.0 Å². The van der Waals surface area contributed by atoms with Crippen molar-refractivity contribution in [2.24, 2.45) is 5.92 Å². The Hall–Kier alpha value is -3.11. The van der Waals surface area contributed by atoms with Gasteiger partial charge in [0, 0.05) is 25.7 Å². The van der Waals surface area contributed by atoms with Crippen LogP contribution in [0.4, 0.5) is 5.69 Å². The van der Waals surface area contributed by atoms with Crippen molar-refractivity contribution < 1.29 is 27.5 Å². The number of anilines is 1. The molecule has 0 bridgehead atoms. The molecule has 10 heteroatoms. The Labute approximate surface area is 206 Å². The van der Waals surface area contributed by atoms with Crippen LogP contribution in [-0.4, -0.2) is 53.6 Å². The minimum absolute atomic E-state index is 0.0745. The van der Waals surface area contributed by atoms with E-state index in [0.29, 0.717) is 37.4 Å². The van der Waals surface area contributed by atoms with Gasteiger partial charge in [-0.05, 0) is 60.2 Å². The first-order chi connectivity index (χ1) is 16.6. The summed E-state index contributed by atoms with van der Waals surface area (Å²) in [5.41, 5.74) is 2.47. The number of sulfonamides is 1. The van der Waals surface area contributed by atoms with Crippen molar-refractivity contribution in [2.45, 2.75) is 44.6 Å². The Morgan fingerprint density at radius 3 is 2.40 bits per heavy atom. The van der Waals surface area contributed by atoms with Crippen molar-refractivity contribution in [1.82, 2.24) is 10.0 Å². The topological polar surface area (TPSA) is 114 Å². The molecule has 35 heavy (non-hydrogen) atoms. The molecular weight excluding hydrogens is 470 g/mol. The Morgan fingerprint density at radius 2 is 1.77 bits per heavy atom. The van der Waals surface area contributed by atoms with E-state index in [2.05, 4.69) is 10.0 Å². The van der Waals surface area contributed by atoms with Crippen LogP contribution in [0.5, 0.6) is 11.5 Å². The first kappa shape index (κ1) is 26.5. The second kappa shape index (κ2) is 11.1. The van der Waals surface area contributed by atoms with E-state index in [9.17, 15) is 18.0 Å². The third kappa shape index (κ3) is 6.12. The molecule has 0 saturated carbocycles. The van der Waals surface area contributed by atoms with Crippen LogP contribution in [0.3, 0.4) is 0 Å². The zero-order chi connectivity index (χ0) is 25.8. The highest BCUT2D eigenvalue weighted by Gasteiger charge is 2.30. The summed E-state index contributed by atoms with van der Waals surface area (Å²) in [6.45, 7) is 5.92. The maximum Gasteiger partial charge on any atom is 0.241 e. The number of rotatable bonds is 10. The third-order valence-electron chi connectivity index (χ3n) is 6.03. The number of hydrogen-bond donors (Lipinski definition) is 2. The Kier molecular flexibility index (Phi) is 8.39. The summed E-state index contributed by atoms with van der Waals surface area (Å²) in [6.07, 6.45) is 1.13. The van der Waals surface area contributed by atoms with Gasteiger partial charge in [0.05, 0.1) is 19.1 Å². The SMILES string of the molecule is COc1ccc(CCNC(=O)[C@@H](NS(=O)(=O)c2ccc3c(c2)CCN3C(C)=O)C(C)C)cc1OC. The van der Waals surface area contributed by atoms with Gasteiger partial charge in [-0.15, -0.1) is 0 Å². The van der Waals surface area contributed by atoms with Crippen molar-refractivity contribution in [3.05, 3.63) is 47.5 Å². The molecule has 2 amide bonds. The Balaban J connectivity index is 1.66. The van der Waals surface area contributed by atoms with Crippen molar-refractivity contribution in [3.8, 4) is 11.5 Å². The quantitative estimate of drug-likeness (QED) is 0.514. The molecule has 3 rings (SSSR count). The maximum absolute atomic E-state index is 13.1. The number of hydrogen-bond acceptors (Lipinski definition) is 6. The van der Waals surface area contributed by atoms with Gasteiger partial charge in [0.1, 0.15) is 6.04 Å². The van der Waals surface area contributed by atoms with Crippen molar-refractivity contribution in [2.75, 3.05) is 32.2 Å². The van der Waals surface area contributed by atoms with Gasteiger partial charge in [-0.2, -0.15) is 4.72 Å². The van der Waals surface area contributed by atoms with Crippen molar-refractivity contribution in [1.29, 1.82) is 0 Å². The number of methoxy groups -OCH3 is 2. The molecule has 1 aliphatic rings. The maximum atomic E-state index is 13.1. The lowest BCUT2D eigenvalue weighted by molar-refractivity contribution is -0.123. The second-order valence-corrected chi connectivity index (χ2v) is 10.5. The molecule has 1 heterocycles. The lowest BCUT2D eigenvalue weighted by Crippen LogP contribution is -2.49. The monoisotopic (exact) mass is 503 g/mol. The number of nitrogens with one attached hydrogen (secondary N) is 2. The van der Waals surface area contributed by atoms with Crippen LogP contribution in [0.2, 0.25) is 0 Å². The second-order valence-electron chi connectivity index (χ2n) is 8.78. The average Bonchev–Trinajstić information content (AvgIpc) is 3.26. The van der Waals surface area contributed by atoms with Crippen LogP contribution >= 0.6 is 0 Å². The van der Waals surface area contributed by atoms with E-state index in [1.165, 1.54) is 13.0 Å². The zero-order valence-electron chi connectivity index (χ0n) is 20.8. The Morgan fingerprint density at radius 1 is 1.06 bits per heavy atom. The molecule has 2 aromatic rings. The van der Waals surface area contributed by atoms with Crippen molar-refractivity contribution >= 4 is 27.5 Å². The summed E-state index contributed by atoms with van der Waals surface area (Å²) in [4.78, 5) is 26.3. The van der Waals surface area contributed by atoms with Crippen LogP contribution in [0.25, 0.3) is 0 Å². The summed E-state index contributed by atoms with van der Waals surface area (Å²) in [5, 5.41) is 2.83. The van der Waals surface area contributed by atoms with Gasteiger partial charge in [0.25, 0.3) is 0 Å². The van der Waals surface area contributed by atoms with Crippen LogP contribution in [0, 0.1) is 5.92 Å². The lowest BCUT2D eigenvalue weighted by atomic mass is 10.0. The fourth-order valence-electron chi connectivity index (χ4n) is 4.08. The highest BCUT2D eigenvalue weighted by molar-refractivity contribution is 7.89. The number of carbonyl (C=O) groups is 2. The van der Waals surface area contributed by atoms with Crippen LogP contribution < -0.4 is 24.4 Å². The fourth-order valence-corrected chi connectivity index (χ4v) is 5.47. The molecule has 0 spiro atoms. The number of carbonyl (C=O) groups excluding carboxylic acids is 2. The van der Waals surface area contributed by atoms with E-state index in [1.54, 1.807) is 51.2 Å². The van der Waals surface area contributed by atoms with E-state index in [0.717, 1.165) is 16.8 Å². The standard InChI is InChI=1S/C25H33N3O6S/c1-16(2)24(25(30)26-12-10-18-6-9-22(33-4)23(14-18)34-5)27-35(31,32)20-7-8-21-19(15-20)11-13-28(21)17(3)29/h6-9,14-16,24,27H,10-13H2,1-5H3,(H,26,30)/t24-/m0/s1. The number of nitrogens with zero attached hydrogens (tertiary/aromatic N) is 1. The average molecular weight is 504 g/mol. The molecule has 0 unspecified atom stereocenters. The molecule has 2 N–H and O–H groups in total. The summed E-state index contributed by atoms with van der Waals surface area (Å²) < 4.78 is 39.3. The number of fused-ring (bicyclic) bond motifs is 1. The number of ether oxygens (including phenoxy) is 2. The zero-order valence-corrected chi connectivity index (χ0v) is 21.6. The van der Waals surface area contributed by atoms with Crippen molar-refractivity contribution in [3.63, 3.8) is 0 Å². The van der Waals surface area contributed by atoms with Gasteiger partial charge in [-0.25, -0.2) is 8.42 Å². The summed E-state index contributed by atoms with van der Waals surface area (Å²) in [7, 11) is -0.825. The summed E-state index contributed by atoms with van der Waals surface area (Å²) in [6, 6.07) is 9.28. The first-order valence-electron chi connectivity index (χ1n) is 11.5. The van der Waals surface area contributed by atoms with Gasteiger partial charge in [0.15, 0.2) is 11.5 Å². The molecule has 1 aliphatic heterocycles. The van der Waals surface area contributed by atoms with Crippen LogP contribution in [0.1, 0.15) is 31.9 Å². The van der Waals surface area contributed by atoms with Crippen LogP contribution in [0.15, 0.2) is 41.3 Å². The molecule has 0 saturated heterocycles. The molecule has 0 aromatic heterocycles. The summed E-state index contributed by atoms with van der Waals surface area (Å²) in [5.74, 6) is 0.476. The molecule has 9 nitrogen and oxygen atoms in total. The van der Waals surface area contributed by atoms with E-state index >= 15 is 0 Å². The predicted molar refractivity (Wildman–Crippen MR) is 133 cm³/mol. The molecule has 1 atom stereocenters. The predicted octanol–water partition coefficient (Wildman–Crippen LogP) is 2.27. The highest BCUT2D eigenvalue weighted by atomic mass is 32.2. The van der Waals surface area contributed by atoms with Gasteiger partial charge in [-0.3, -0.25) is 9.59 Å². The molecule has 190 valence electrons. The highest BCUT2D eigenvalue weighted by Crippen LogP contribution is 2.30. The molecule has 0 aliphatic carbocycles. The first-order valence-corrected chi connectivity index (χ1v) is 13.0. The smallest absolute Gasteiger partial charge is 0.241 e. The van der Waals surface area contributed by atoms with Crippen LogP contribution in [-0.2, 0) is 32.5 Å². The van der Waals surface area contributed by atoms with Gasteiger partial charge < -0.3 is 19.7 Å². The van der Waals surface area contributed by atoms with E-state index in [1.807, 2.05) is 12.1 Å². The van der Waals surface area contributed by atoms with E-state index in [-0.39, 0.29) is 16.7 Å². The molecular formula is C25H33N3O6S. The minimum atomic E-state index is -3.95. The minimum Gasteiger partial charge on any atom is -0.493 e. The lowest BCUT2D eigenvalue weighted by Gasteiger charge is -2.22. The van der Waals surface area contributed by atoms with Gasteiger partial charge >= 0.3 is 0 Å². The summed E-state index contributed by atoms with van der Waals surface area (Å²) >= 11 is 0. The number of amides is 2. The van der Waals surface area contributed by atoms with Gasteiger partial charge in [-0.1, -0.05) is 19.9 Å². The normalized spacial score (nSPS) is 13.9. The van der Waals surface area contributed by atoms with Gasteiger partial charge in [0.2, 0.25) is 21.8 Å². The molecule has 0 radical (unpaired) electrons. The Bertz CT molecular complexity index is 1200. The third-order valence-corrected chi connectivity index (χ3v) is 7.47. The molecule has 0 fully saturated rings. The fraction of sp³-hybridized carbons (Fsp3) is 0.440. The largest absolute Gasteiger partial charge is 0.493 e. The van der Waals surface area contributed by atoms with E-state index in [4.69, 9.17) is 9.47 Å².